The Balaban J connectivity index is 1.99. The number of nitrogens with zero attached hydrogens (tertiary/aromatic N) is 2. The highest BCUT2D eigenvalue weighted by Gasteiger charge is 2.50. The largest absolute Gasteiger partial charge is 0.350 e. The number of sulfonamides is 1. The Kier molecular flexibility index (Phi) is 6.52. The van der Waals surface area contributed by atoms with Crippen LogP contribution in [0.3, 0.4) is 0 Å². The summed E-state index contributed by atoms with van der Waals surface area (Å²) in [5.41, 5.74) is 2.16. The summed E-state index contributed by atoms with van der Waals surface area (Å²) in [5, 5.41) is 2.89. The second-order valence-electron chi connectivity index (χ2n) is 8.11. The first-order chi connectivity index (χ1) is 14.6. The van der Waals surface area contributed by atoms with Gasteiger partial charge < -0.3 is 5.32 Å². The van der Waals surface area contributed by atoms with E-state index in [1.54, 1.807) is 13.0 Å². The average molecular weight is 444 g/mol. The molecule has 1 unspecified atom stereocenters. The van der Waals surface area contributed by atoms with Crippen molar-refractivity contribution in [2.45, 2.75) is 39.8 Å². The maximum absolute atomic E-state index is 13.4. The maximum Gasteiger partial charge on any atom is 0.247 e. The summed E-state index contributed by atoms with van der Waals surface area (Å²) >= 11 is 0. The molecule has 1 saturated heterocycles. The van der Waals surface area contributed by atoms with E-state index in [1.165, 1.54) is 11.8 Å². The number of carbonyl (C=O) groups excluding carboxylic acids is 2. The van der Waals surface area contributed by atoms with Gasteiger partial charge in [-0.2, -0.15) is 4.31 Å². The second kappa shape index (κ2) is 8.80. The first kappa shape index (κ1) is 23.0. The number of benzene rings is 2. The van der Waals surface area contributed by atoms with E-state index in [1.807, 2.05) is 56.3 Å². The van der Waals surface area contributed by atoms with Crippen LogP contribution in [0.15, 0.2) is 48.5 Å². The Morgan fingerprint density at radius 3 is 2.39 bits per heavy atom. The maximum atomic E-state index is 13.4. The molecule has 2 amide bonds. The lowest BCUT2D eigenvalue weighted by Gasteiger charge is -2.46. The van der Waals surface area contributed by atoms with E-state index in [-0.39, 0.29) is 25.4 Å². The van der Waals surface area contributed by atoms with Crippen molar-refractivity contribution in [3.05, 3.63) is 65.2 Å². The number of hydrogen-bond donors (Lipinski definition) is 1. The van der Waals surface area contributed by atoms with Gasteiger partial charge in [-0.25, -0.2) is 8.42 Å². The van der Waals surface area contributed by atoms with Gasteiger partial charge in [0, 0.05) is 18.8 Å². The van der Waals surface area contributed by atoms with Crippen LogP contribution in [0.4, 0.5) is 5.69 Å². The first-order valence-corrected chi connectivity index (χ1v) is 11.9. The van der Waals surface area contributed by atoms with E-state index >= 15 is 0 Å². The van der Waals surface area contributed by atoms with E-state index in [2.05, 4.69) is 5.32 Å². The van der Waals surface area contributed by atoms with Crippen molar-refractivity contribution in [3.8, 4) is 0 Å². The standard InChI is InChI=1S/C23H29N3O4S/c1-5-31(29,30)25-15-21(27)26(20-12-11-17(2)18(3)13-20)23(4,16-25)22(28)24-14-19-9-7-6-8-10-19/h6-13H,5,14-16H2,1-4H3,(H,24,28). The van der Waals surface area contributed by atoms with E-state index in [0.717, 1.165) is 21.0 Å². The van der Waals surface area contributed by atoms with Crippen LogP contribution >= 0.6 is 0 Å². The molecular weight excluding hydrogens is 414 g/mol. The van der Waals surface area contributed by atoms with Crippen LogP contribution in [0, 0.1) is 13.8 Å². The summed E-state index contributed by atoms with van der Waals surface area (Å²) in [5.74, 6) is -0.964. The van der Waals surface area contributed by atoms with E-state index < -0.39 is 27.4 Å². The van der Waals surface area contributed by atoms with Gasteiger partial charge in [-0.05, 0) is 56.5 Å². The number of piperazine rings is 1. The van der Waals surface area contributed by atoms with Gasteiger partial charge in [0.15, 0.2) is 0 Å². The number of aryl methyl sites for hydroxylation is 2. The van der Waals surface area contributed by atoms with Crippen molar-refractivity contribution in [1.29, 1.82) is 0 Å². The molecule has 31 heavy (non-hydrogen) atoms. The molecule has 1 heterocycles. The molecule has 0 radical (unpaired) electrons. The van der Waals surface area contributed by atoms with Crippen LogP contribution in [0.5, 0.6) is 0 Å². The molecule has 1 N–H and O–H groups in total. The Labute approximate surface area is 184 Å². The van der Waals surface area contributed by atoms with E-state index in [4.69, 9.17) is 0 Å². The third-order valence-corrected chi connectivity index (χ3v) is 7.61. The van der Waals surface area contributed by atoms with Gasteiger partial charge in [0.25, 0.3) is 0 Å². The van der Waals surface area contributed by atoms with Gasteiger partial charge in [0.2, 0.25) is 21.8 Å². The van der Waals surface area contributed by atoms with E-state index in [9.17, 15) is 18.0 Å². The first-order valence-electron chi connectivity index (χ1n) is 10.3. The summed E-state index contributed by atoms with van der Waals surface area (Å²) in [7, 11) is -3.64. The fraction of sp³-hybridized carbons (Fsp3) is 0.391. The lowest BCUT2D eigenvalue weighted by Crippen LogP contribution is -2.70. The molecule has 7 nitrogen and oxygen atoms in total. The normalized spacial score (nSPS) is 20.0. The van der Waals surface area contributed by atoms with Gasteiger partial charge in [-0.3, -0.25) is 14.5 Å². The number of nitrogens with one attached hydrogen (secondary N) is 1. The highest BCUT2D eigenvalue weighted by atomic mass is 32.2. The predicted octanol–water partition coefficient (Wildman–Crippen LogP) is 2.38. The third kappa shape index (κ3) is 4.65. The molecule has 0 bridgehead atoms. The smallest absolute Gasteiger partial charge is 0.247 e. The quantitative estimate of drug-likeness (QED) is 0.743. The predicted molar refractivity (Wildman–Crippen MR) is 121 cm³/mol. The average Bonchev–Trinajstić information content (AvgIpc) is 2.74. The minimum Gasteiger partial charge on any atom is -0.350 e. The van der Waals surface area contributed by atoms with Crippen molar-refractivity contribution in [2.24, 2.45) is 0 Å². The fourth-order valence-electron chi connectivity index (χ4n) is 3.78. The highest BCUT2D eigenvalue weighted by Crippen LogP contribution is 2.32. The molecule has 2 aromatic rings. The molecule has 166 valence electrons. The zero-order valence-corrected chi connectivity index (χ0v) is 19.2. The topological polar surface area (TPSA) is 86.8 Å². The summed E-state index contributed by atoms with van der Waals surface area (Å²) < 4.78 is 26.2. The molecular formula is C23H29N3O4S. The van der Waals surface area contributed by atoms with Crippen molar-refractivity contribution in [2.75, 3.05) is 23.7 Å². The molecule has 1 atom stereocenters. The Morgan fingerprint density at radius 1 is 1.10 bits per heavy atom. The van der Waals surface area contributed by atoms with Gasteiger partial charge in [0.05, 0.1) is 12.3 Å². The Morgan fingerprint density at radius 2 is 1.77 bits per heavy atom. The highest BCUT2D eigenvalue weighted by molar-refractivity contribution is 7.89. The summed E-state index contributed by atoms with van der Waals surface area (Å²) in [4.78, 5) is 28.1. The van der Waals surface area contributed by atoms with Crippen LogP contribution in [0.25, 0.3) is 0 Å². The molecule has 3 rings (SSSR count). The van der Waals surface area contributed by atoms with Crippen LogP contribution in [0.1, 0.15) is 30.5 Å². The zero-order chi connectivity index (χ0) is 22.8. The van der Waals surface area contributed by atoms with E-state index in [0.29, 0.717) is 5.69 Å². The Bertz CT molecular complexity index is 1090. The van der Waals surface area contributed by atoms with Gasteiger partial charge in [-0.15, -0.1) is 0 Å². The number of hydrogen-bond acceptors (Lipinski definition) is 4. The molecule has 0 aromatic heterocycles. The fourth-order valence-corrected chi connectivity index (χ4v) is 4.90. The second-order valence-corrected chi connectivity index (χ2v) is 10.4. The summed E-state index contributed by atoms with van der Waals surface area (Å²) in [6.07, 6.45) is 0. The molecule has 1 fully saturated rings. The monoisotopic (exact) mass is 443 g/mol. The van der Waals surface area contributed by atoms with Crippen molar-refractivity contribution >= 4 is 27.5 Å². The van der Waals surface area contributed by atoms with Crippen LogP contribution in [-0.2, 0) is 26.2 Å². The SMILES string of the molecule is CCS(=O)(=O)N1CC(=O)N(c2ccc(C)c(C)c2)C(C)(C(=O)NCc2ccccc2)C1. The van der Waals surface area contributed by atoms with Crippen LogP contribution in [-0.4, -0.2) is 48.9 Å². The number of rotatable bonds is 6. The van der Waals surface area contributed by atoms with Crippen molar-refractivity contribution < 1.29 is 18.0 Å². The Hall–Kier alpha value is -2.71. The van der Waals surface area contributed by atoms with Crippen LogP contribution in [0.2, 0.25) is 0 Å². The third-order valence-electron chi connectivity index (χ3n) is 5.83. The lowest BCUT2D eigenvalue weighted by molar-refractivity contribution is -0.133. The van der Waals surface area contributed by atoms with Crippen molar-refractivity contribution in [1.82, 2.24) is 9.62 Å². The minimum atomic E-state index is -3.64. The molecule has 1 aliphatic heterocycles. The lowest BCUT2D eigenvalue weighted by atomic mass is 9.93. The zero-order valence-electron chi connectivity index (χ0n) is 18.4. The minimum absolute atomic E-state index is 0.109. The van der Waals surface area contributed by atoms with Gasteiger partial charge >= 0.3 is 0 Å². The van der Waals surface area contributed by atoms with Gasteiger partial charge in [-0.1, -0.05) is 36.4 Å². The molecule has 0 spiro atoms. The molecule has 0 aliphatic carbocycles. The van der Waals surface area contributed by atoms with Gasteiger partial charge in [0.1, 0.15) is 5.54 Å². The number of amides is 2. The molecule has 2 aromatic carbocycles. The molecule has 0 saturated carbocycles. The number of anilines is 1. The summed E-state index contributed by atoms with van der Waals surface area (Å²) in [6.45, 7) is 6.95. The van der Waals surface area contributed by atoms with Crippen LogP contribution < -0.4 is 10.2 Å². The number of carbonyl (C=O) groups is 2. The summed E-state index contributed by atoms with van der Waals surface area (Å²) in [6, 6.07) is 15.0. The van der Waals surface area contributed by atoms with Crippen molar-refractivity contribution in [3.63, 3.8) is 0 Å². The molecule has 8 heteroatoms. The molecule has 1 aliphatic rings.